The Morgan fingerprint density at radius 2 is 2.17 bits per heavy atom. The largest absolute Gasteiger partial charge is 0.308 e. The number of para-hydroxylation sites is 1. The molecule has 96 valence electrons. The van der Waals surface area contributed by atoms with Crippen LogP contribution in [0.3, 0.4) is 0 Å². The van der Waals surface area contributed by atoms with Gasteiger partial charge in [-0.2, -0.15) is 5.10 Å². The Kier molecular flexibility index (Phi) is 3.08. The Labute approximate surface area is 108 Å². The first kappa shape index (κ1) is 11.7. The van der Waals surface area contributed by atoms with E-state index in [0.717, 1.165) is 12.5 Å². The minimum atomic E-state index is 0.441. The first-order chi connectivity index (χ1) is 8.81. The standard InChI is InChI=1S/C15H21N3/c1-3-10-16-14(11-8-9-11)15-12-6-4-5-7-13(12)18(2)17-15/h4-7,11,14,16H,3,8-10H2,1-2H3. The van der Waals surface area contributed by atoms with Crippen LogP contribution in [0, 0.1) is 5.92 Å². The third-order valence-corrected chi connectivity index (χ3v) is 3.79. The summed E-state index contributed by atoms with van der Waals surface area (Å²) in [4.78, 5) is 0. The Balaban J connectivity index is 2.00. The molecule has 1 unspecified atom stereocenters. The average molecular weight is 243 g/mol. The van der Waals surface area contributed by atoms with Crippen LogP contribution in [0.5, 0.6) is 0 Å². The number of rotatable bonds is 5. The van der Waals surface area contributed by atoms with Gasteiger partial charge in [-0.3, -0.25) is 4.68 Å². The van der Waals surface area contributed by atoms with E-state index >= 15 is 0 Å². The summed E-state index contributed by atoms with van der Waals surface area (Å²) >= 11 is 0. The van der Waals surface area contributed by atoms with Crippen LogP contribution in [0.1, 0.15) is 37.9 Å². The fraction of sp³-hybridized carbons (Fsp3) is 0.533. The van der Waals surface area contributed by atoms with Crippen molar-refractivity contribution in [1.29, 1.82) is 0 Å². The number of hydrogen-bond donors (Lipinski definition) is 1. The van der Waals surface area contributed by atoms with E-state index in [2.05, 4.69) is 36.5 Å². The van der Waals surface area contributed by atoms with E-state index in [1.807, 2.05) is 11.7 Å². The molecule has 1 fully saturated rings. The van der Waals surface area contributed by atoms with Gasteiger partial charge in [-0.15, -0.1) is 0 Å². The third kappa shape index (κ3) is 2.03. The third-order valence-electron chi connectivity index (χ3n) is 3.79. The SMILES string of the molecule is CCCNC(c1nn(C)c2ccccc12)C1CC1. The van der Waals surface area contributed by atoms with E-state index in [1.165, 1.54) is 35.9 Å². The van der Waals surface area contributed by atoms with Crippen molar-refractivity contribution in [3.8, 4) is 0 Å². The van der Waals surface area contributed by atoms with Gasteiger partial charge in [0.15, 0.2) is 0 Å². The maximum atomic E-state index is 4.76. The Morgan fingerprint density at radius 3 is 2.89 bits per heavy atom. The summed E-state index contributed by atoms with van der Waals surface area (Å²) < 4.78 is 2.01. The van der Waals surface area contributed by atoms with Gasteiger partial charge in [-0.25, -0.2) is 0 Å². The average Bonchev–Trinajstić information content (AvgIpc) is 3.17. The number of aromatic nitrogens is 2. The van der Waals surface area contributed by atoms with Gasteiger partial charge < -0.3 is 5.32 Å². The highest BCUT2D eigenvalue weighted by atomic mass is 15.3. The lowest BCUT2D eigenvalue weighted by Gasteiger charge is -2.16. The fourth-order valence-electron chi connectivity index (χ4n) is 2.69. The molecule has 0 radical (unpaired) electrons. The quantitative estimate of drug-likeness (QED) is 0.874. The normalized spacial score (nSPS) is 17.2. The smallest absolute Gasteiger partial charge is 0.0875 e. The van der Waals surface area contributed by atoms with Crippen molar-refractivity contribution in [3.05, 3.63) is 30.0 Å². The molecule has 1 saturated carbocycles. The second-order valence-corrected chi connectivity index (χ2v) is 5.30. The molecule has 1 heterocycles. The Bertz CT molecular complexity index is 540. The van der Waals surface area contributed by atoms with Crippen LogP contribution in [0.15, 0.2) is 24.3 Å². The summed E-state index contributed by atoms with van der Waals surface area (Å²) in [6, 6.07) is 8.98. The molecule has 0 spiro atoms. The Morgan fingerprint density at radius 1 is 1.39 bits per heavy atom. The molecule has 1 N–H and O–H groups in total. The summed E-state index contributed by atoms with van der Waals surface area (Å²) in [5.41, 5.74) is 2.47. The molecule has 1 aromatic carbocycles. The molecule has 1 aromatic heterocycles. The number of nitrogens with zero attached hydrogens (tertiary/aromatic N) is 2. The molecule has 0 aliphatic heterocycles. The molecule has 0 amide bonds. The first-order valence-electron chi connectivity index (χ1n) is 6.96. The minimum Gasteiger partial charge on any atom is -0.308 e. The van der Waals surface area contributed by atoms with Crippen LogP contribution in [-0.2, 0) is 7.05 Å². The molecule has 3 heteroatoms. The summed E-state index contributed by atoms with van der Waals surface area (Å²) in [5, 5.41) is 9.74. The second kappa shape index (κ2) is 4.73. The Hall–Kier alpha value is -1.35. The van der Waals surface area contributed by atoms with Crippen molar-refractivity contribution >= 4 is 10.9 Å². The predicted molar refractivity (Wildman–Crippen MR) is 74.5 cm³/mol. The molecule has 1 aliphatic carbocycles. The summed E-state index contributed by atoms with van der Waals surface area (Å²) in [6.45, 7) is 3.29. The van der Waals surface area contributed by atoms with E-state index in [9.17, 15) is 0 Å². The highest BCUT2D eigenvalue weighted by Gasteiger charge is 2.34. The number of aryl methyl sites for hydroxylation is 1. The molecule has 0 saturated heterocycles. The lowest BCUT2D eigenvalue weighted by Crippen LogP contribution is -2.24. The molecule has 18 heavy (non-hydrogen) atoms. The topological polar surface area (TPSA) is 29.9 Å². The van der Waals surface area contributed by atoms with Gasteiger partial charge in [-0.1, -0.05) is 25.1 Å². The molecular weight excluding hydrogens is 222 g/mol. The molecular formula is C15H21N3. The molecule has 3 nitrogen and oxygen atoms in total. The maximum Gasteiger partial charge on any atom is 0.0875 e. The highest BCUT2D eigenvalue weighted by Crippen LogP contribution is 2.42. The monoisotopic (exact) mass is 243 g/mol. The molecule has 2 aromatic rings. The van der Waals surface area contributed by atoms with Crippen molar-refractivity contribution in [2.45, 2.75) is 32.2 Å². The van der Waals surface area contributed by atoms with Crippen LogP contribution in [0.4, 0.5) is 0 Å². The highest BCUT2D eigenvalue weighted by molar-refractivity contribution is 5.82. The molecule has 0 bridgehead atoms. The van der Waals surface area contributed by atoms with Crippen molar-refractivity contribution in [2.75, 3.05) is 6.54 Å². The predicted octanol–water partition coefficient (Wildman–Crippen LogP) is 3.02. The van der Waals surface area contributed by atoms with Gasteiger partial charge in [0, 0.05) is 12.4 Å². The summed E-state index contributed by atoms with van der Waals surface area (Å²) in [7, 11) is 2.04. The second-order valence-electron chi connectivity index (χ2n) is 5.30. The fourth-order valence-corrected chi connectivity index (χ4v) is 2.69. The van der Waals surface area contributed by atoms with E-state index in [-0.39, 0.29) is 0 Å². The van der Waals surface area contributed by atoms with Gasteiger partial charge in [0.2, 0.25) is 0 Å². The van der Waals surface area contributed by atoms with Crippen LogP contribution in [0.25, 0.3) is 10.9 Å². The van der Waals surface area contributed by atoms with E-state index in [0.29, 0.717) is 6.04 Å². The van der Waals surface area contributed by atoms with Crippen molar-refractivity contribution < 1.29 is 0 Å². The molecule has 1 atom stereocenters. The van der Waals surface area contributed by atoms with Crippen molar-refractivity contribution in [3.63, 3.8) is 0 Å². The molecule has 3 rings (SSSR count). The van der Waals surface area contributed by atoms with E-state index < -0.39 is 0 Å². The zero-order valence-electron chi connectivity index (χ0n) is 11.2. The zero-order chi connectivity index (χ0) is 12.5. The van der Waals surface area contributed by atoms with Gasteiger partial charge in [0.05, 0.1) is 17.3 Å². The number of fused-ring (bicyclic) bond motifs is 1. The number of nitrogens with one attached hydrogen (secondary N) is 1. The van der Waals surface area contributed by atoms with E-state index in [4.69, 9.17) is 5.10 Å². The number of benzene rings is 1. The van der Waals surface area contributed by atoms with Gasteiger partial charge in [0.25, 0.3) is 0 Å². The minimum absolute atomic E-state index is 0.441. The first-order valence-corrected chi connectivity index (χ1v) is 6.96. The number of hydrogen-bond acceptors (Lipinski definition) is 2. The molecule has 1 aliphatic rings. The van der Waals surface area contributed by atoms with Gasteiger partial charge in [0.1, 0.15) is 0 Å². The van der Waals surface area contributed by atoms with Crippen LogP contribution in [0.2, 0.25) is 0 Å². The van der Waals surface area contributed by atoms with Crippen LogP contribution < -0.4 is 5.32 Å². The summed E-state index contributed by atoms with van der Waals surface area (Å²) in [6.07, 6.45) is 3.85. The van der Waals surface area contributed by atoms with Crippen molar-refractivity contribution in [1.82, 2.24) is 15.1 Å². The zero-order valence-corrected chi connectivity index (χ0v) is 11.2. The van der Waals surface area contributed by atoms with Gasteiger partial charge in [-0.05, 0) is 37.8 Å². The van der Waals surface area contributed by atoms with Crippen LogP contribution in [-0.4, -0.2) is 16.3 Å². The van der Waals surface area contributed by atoms with E-state index in [1.54, 1.807) is 0 Å². The maximum absolute atomic E-state index is 4.76. The lowest BCUT2D eigenvalue weighted by molar-refractivity contribution is 0.468. The van der Waals surface area contributed by atoms with Gasteiger partial charge >= 0.3 is 0 Å². The van der Waals surface area contributed by atoms with Crippen LogP contribution >= 0.6 is 0 Å². The van der Waals surface area contributed by atoms with Crippen molar-refractivity contribution in [2.24, 2.45) is 13.0 Å². The summed E-state index contributed by atoms with van der Waals surface area (Å²) in [5.74, 6) is 0.787. The lowest BCUT2D eigenvalue weighted by atomic mass is 10.0.